The van der Waals surface area contributed by atoms with Crippen molar-refractivity contribution < 1.29 is 13.9 Å². The van der Waals surface area contributed by atoms with E-state index in [9.17, 15) is 9.18 Å². The van der Waals surface area contributed by atoms with Gasteiger partial charge in [-0.15, -0.1) is 0 Å². The van der Waals surface area contributed by atoms with Gasteiger partial charge in [0.05, 0.1) is 6.54 Å². The molecule has 2 aliphatic rings. The highest BCUT2D eigenvalue weighted by molar-refractivity contribution is 5.75. The number of carbonyl (C=O) groups excluding carboxylic acids is 1. The van der Waals surface area contributed by atoms with Gasteiger partial charge in [0.15, 0.2) is 0 Å². The number of benzene rings is 1. The summed E-state index contributed by atoms with van der Waals surface area (Å²) in [6.07, 6.45) is 8.30. The van der Waals surface area contributed by atoms with Gasteiger partial charge in [-0.05, 0) is 38.2 Å². The number of hydrogen-bond acceptors (Lipinski definition) is 2. The number of rotatable bonds is 4. The molecule has 1 aliphatic heterocycles. The van der Waals surface area contributed by atoms with Crippen LogP contribution in [0.25, 0.3) is 0 Å². The van der Waals surface area contributed by atoms with Crippen molar-refractivity contribution in [3.05, 3.63) is 35.6 Å². The molecular weight excluding hydrogens is 319 g/mol. The summed E-state index contributed by atoms with van der Waals surface area (Å²) in [4.78, 5) is 14.9. The Labute approximate surface area is 149 Å². The molecule has 1 heterocycles. The molecule has 5 heteroatoms. The van der Waals surface area contributed by atoms with Gasteiger partial charge in [-0.25, -0.2) is 9.18 Å². The minimum Gasteiger partial charge on any atom is -0.381 e. The normalized spacial score (nSPS) is 22.2. The van der Waals surface area contributed by atoms with Crippen LogP contribution in [-0.2, 0) is 11.3 Å². The Hall–Kier alpha value is -1.62. The van der Waals surface area contributed by atoms with E-state index >= 15 is 0 Å². The van der Waals surface area contributed by atoms with Crippen molar-refractivity contribution in [1.29, 1.82) is 0 Å². The first-order valence-electron chi connectivity index (χ1n) is 9.62. The molecule has 1 unspecified atom stereocenters. The second kappa shape index (κ2) is 9.18. The predicted octanol–water partition coefficient (Wildman–Crippen LogP) is 4.24. The van der Waals surface area contributed by atoms with Crippen LogP contribution in [0.3, 0.4) is 0 Å². The van der Waals surface area contributed by atoms with Crippen LogP contribution in [0, 0.1) is 5.82 Å². The summed E-state index contributed by atoms with van der Waals surface area (Å²) in [5.41, 5.74) is 0.590. The molecule has 1 atom stereocenters. The molecule has 2 fully saturated rings. The van der Waals surface area contributed by atoms with Crippen molar-refractivity contribution >= 4 is 6.03 Å². The molecule has 1 N–H and O–H groups in total. The van der Waals surface area contributed by atoms with Crippen LogP contribution in [0.15, 0.2) is 24.3 Å². The Kier molecular flexibility index (Phi) is 6.68. The molecule has 4 nitrogen and oxygen atoms in total. The molecule has 0 aromatic heterocycles. The summed E-state index contributed by atoms with van der Waals surface area (Å²) >= 11 is 0. The Balaban J connectivity index is 1.70. The van der Waals surface area contributed by atoms with Crippen LogP contribution >= 0.6 is 0 Å². The number of ether oxygens (including phenoxy) is 1. The van der Waals surface area contributed by atoms with Gasteiger partial charge in [-0.1, -0.05) is 37.5 Å². The first-order chi connectivity index (χ1) is 12.2. The van der Waals surface area contributed by atoms with E-state index in [1.165, 1.54) is 12.5 Å². The molecule has 1 aromatic rings. The van der Waals surface area contributed by atoms with E-state index in [-0.39, 0.29) is 23.9 Å². The zero-order valence-corrected chi connectivity index (χ0v) is 14.9. The number of urea groups is 1. The van der Waals surface area contributed by atoms with Gasteiger partial charge < -0.3 is 15.0 Å². The van der Waals surface area contributed by atoms with Crippen LogP contribution in [0.5, 0.6) is 0 Å². The highest BCUT2D eigenvalue weighted by Crippen LogP contribution is 2.25. The Morgan fingerprint density at radius 1 is 1.08 bits per heavy atom. The van der Waals surface area contributed by atoms with Gasteiger partial charge >= 0.3 is 6.03 Å². The number of halogens is 1. The molecule has 0 spiro atoms. The van der Waals surface area contributed by atoms with Crippen LogP contribution in [0.4, 0.5) is 9.18 Å². The highest BCUT2D eigenvalue weighted by Gasteiger charge is 2.28. The molecule has 1 saturated carbocycles. The van der Waals surface area contributed by atoms with Gasteiger partial charge in [0.2, 0.25) is 0 Å². The zero-order valence-electron chi connectivity index (χ0n) is 14.9. The molecule has 1 aromatic carbocycles. The third-order valence-electron chi connectivity index (χ3n) is 5.35. The van der Waals surface area contributed by atoms with Crippen LogP contribution in [0.2, 0.25) is 0 Å². The average molecular weight is 348 g/mol. The Bertz CT molecular complexity index is 552. The fourth-order valence-corrected chi connectivity index (χ4v) is 3.88. The topological polar surface area (TPSA) is 41.6 Å². The summed E-state index contributed by atoms with van der Waals surface area (Å²) in [5.74, 6) is -0.237. The first-order valence-corrected chi connectivity index (χ1v) is 9.62. The number of carbonyl (C=O) groups is 1. The van der Waals surface area contributed by atoms with Crippen molar-refractivity contribution in [3.63, 3.8) is 0 Å². The van der Waals surface area contributed by atoms with Gasteiger partial charge in [0.25, 0.3) is 0 Å². The standard InChI is InChI=1S/C20H29FN2O2/c21-19-11-5-4-7-16(19)15-23(18-9-2-1-3-10-18)20(24)22-17-8-6-13-25-14-12-17/h4-5,7,11,17-18H,1-3,6,8-10,12-15H2,(H,22,24). The summed E-state index contributed by atoms with van der Waals surface area (Å²) < 4.78 is 19.6. The molecule has 2 amide bonds. The fourth-order valence-electron chi connectivity index (χ4n) is 3.88. The molecule has 25 heavy (non-hydrogen) atoms. The first kappa shape index (κ1) is 18.2. The average Bonchev–Trinajstić information content (AvgIpc) is 2.90. The molecule has 3 rings (SSSR count). The quantitative estimate of drug-likeness (QED) is 0.884. The summed E-state index contributed by atoms with van der Waals surface area (Å²) in [5, 5.41) is 3.18. The molecule has 138 valence electrons. The van der Waals surface area contributed by atoms with E-state index in [0.717, 1.165) is 51.6 Å². The third-order valence-corrected chi connectivity index (χ3v) is 5.35. The summed E-state index contributed by atoms with van der Waals surface area (Å²) in [7, 11) is 0. The lowest BCUT2D eigenvalue weighted by atomic mass is 9.94. The smallest absolute Gasteiger partial charge is 0.318 e. The second-order valence-electron chi connectivity index (χ2n) is 7.20. The van der Waals surface area contributed by atoms with E-state index < -0.39 is 0 Å². The predicted molar refractivity (Wildman–Crippen MR) is 95.8 cm³/mol. The van der Waals surface area contributed by atoms with Gasteiger partial charge in [0, 0.05) is 30.9 Å². The minimum absolute atomic E-state index is 0.0537. The second-order valence-corrected chi connectivity index (χ2v) is 7.20. The summed E-state index contributed by atoms with van der Waals surface area (Å²) in [6.45, 7) is 1.81. The van der Waals surface area contributed by atoms with Crippen LogP contribution in [0.1, 0.15) is 56.9 Å². The van der Waals surface area contributed by atoms with Gasteiger partial charge in [-0.2, -0.15) is 0 Å². The van der Waals surface area contributed by atoms with E-state index in [1.54, 1.807) is 12.1 Å². The van der Waals surface area contributed by atoms with E-state index in [1.807, 2.05) is 11.0 Å². The van der Waals surface area contributed by atoms with E-state index in [4.69, 9.17) is 4.74 Å². The molecule has 0 bridgehead atoms. The highest BCUT2D eigenvalue weighted by atomic mass is 19.1. The Morgan fingerprint density at radius 3 is 2.68 bits per heavy atom. The van der Waals surface area contributed by atoms with Crippen LogP contribution in [-0.4, -0.2) is 36.2 Å². The number of hydrogen-bond donors (Lipinski definition) is 1. The molecular formula is C20H29FN2O2. The van der Waals surface area contributed by atoms with Crippen molar-refractivity contribution in [2.24, 2.45) is 0 Å². The third kappa shape index (κ3) is 5.18. The van der Waals surface area contributed by atoms with Crippen molar-refractivity contribution in [2.45, 2.75) is 70.0 Å². The largest absolute Gasteiger partial charge is 0.381 e. The van der Waals surface area contributed by atoms with Crippen LogP contribution < -0.4 is 5.32 Å². The maximum Gasteiger partial charge on any atom is 0.318 e. The summed E-state index contributed by atoms with van der Waals surface area (Å²) in [6, 6.07) is 7.07. The van der Waals surface area contributed by atoms with Crippen molar-refractivity contribution in [2.75, 3.05) is 13.2 Å². The monoisotopic (exact) mass is 348 g/mol. The SMILES string of the molecule is O=C(NC1CCCOCC1)N(Cc1ccccc1F)C1CCCCC1. The lowest BCUT2D eigenvalue weighted by Crippen LogP contribution is -2.49. The zero-order chi connectivity index (χ0) is 17.5. The lowest BCUT2D eigenvalue weighted by molar-refractivity contribution is 0.137. The number of amides is 2. The number of nitrogens with one attached hydrogen (secondary N) is 1. The number of nitrogens with zero attached hydrogens (tertiary/aromatic N) is 1. The van der Waals surface area contributed by atoms with Gasteiger partial charge in [-0.3, -0.25) is 0 Å². The maximum atomic E-state index is 14.1. The Morgan fingerprint density at radius 2 is 1.88 bits per heavy atom. The molecule has 1 saturated heterocycles. The van der Waals surface area contributed by atoms with E-state index in [2.05, 4.69) is 5.32 Å². The lowest BCUT2D eigenvalue weighted by Gasteiger charge is -2.35. The molecule has 1 aliphatic carbocycles. The minimum atomic E-state index is -0.237. The van der Waals surface area contributed by atoms with Crippen molar-refractivity contribution in [3.8, 4) is 0 Å². The maximum absolute atomic E-state index is 14.1. The van der Waals surface area contributed by atoms with E-state index in [0.29, 0.717) is 18.7 Å². The van der Waals surface area contributed by atoms with Gasteiger partial charge in [0.1, 0.15) is 5.82 Å². The molecule has 0 radical (unpaired) electrons. The fraction of sp³-hybridized carbons (Fsp3) is 0.650. The van der Waals surface area contributed by atoms with Crippen molar-refractivity contribution in [1.82, 2.24) is 10.2 Å².